The maximum Gasteiger partial charge on any atom is 0.139 e. The van der Waals surface area contributed by atoms with Crippen molar-refractivity contribution in [2.24, 2.45) is 0 Å². The summed E-state index contributed by atoms with van der Waals surface area (Å²) in [6.07, 6.45) is 0. The Labute approximate surface area is 127 Å². The highest BCUT2D eigenvalue weighted by Gasteiger charge is 2.05. The molecule has 0 bridgehead atoms. The Kier molecular flexibility index (Phi) is 5.11. The van der Waals surface area contributed by atoms with Gasteiger partial charge in [-0.05, 0) is 36.4 Å². The molecule has 3 nitrogen and oxygen atoms in total. The highest BCUT2D eigenvalue weighted by atomic mass is 35.5. The summed E-state index contributed by atoms with van der Waals surface area (Å²) < 4.78 is 11.0. The fourth-order valence-electron chi connectivity index (χ4n) is 1.53. The van der Waals surface area contributed by atoms with Crippen molar-refractivity contribution in [2.75, 3.05) is 13.2 Å². The minimum Gasteiger partial charge on any atom is -0.490 e. The number of hydrogen-bond acceptors (Lipinski definition) is 3. The average Bonchev–Trinajstić information content (AvgIpc) is 2.48. The van der Waals surface area contributed by atoms with E-state index in [4.69, 9.17) is 37.9 Å². The number of benzene rings is 2. The largest absolute Gasteiger partial charge is 0.490 e. The molecule has 0 saturated heterocycles. The summed E-state index contributed by atoms with van der Waals surface area (Å²) in [5.74, 6) is 1.22. The Morgan fingerprint density at radius 2 is 1.65 bits per heavy atom. The third-order valence-electron chi connectivity index (χ3n) is 2.51. The molecular formula is C15H11Cl2NO2. The maximum absolute atomic E-state index is 8.68. The van der Waals surface area contributed by atoms with Crippen LogP contribution in [0.15, 0.2) is 42.5 Å². The van der Waals surface area contributed by atoms with E-state index in [9.17, 15) is 0 Å². The molecule has 0 amide bonds. The molecule has 20 heavy (non-hydrogen) atoms. The van der Waals surface area contributed by atoms with Crippen LogP contribution in [0.4, 0.5) is 0 Å². The van der Waals surface area contributed by atoms with E-state index in [0.29, 0.717) is 40.3 Å². The Morgan fingerprint density at radius 3 is 2.35 bits per heavy atom. The fraction of sp³-hybridized carbons (Fsp3) is 0.133. The molecule has 2 aromatic carbocycles. The molecule has 0 atom stereocenters. The molecule has 2 rings (SSSR count). The van der Waals surface area contributed by atoms with Gasteiger partial charge in [-0.3, -0.25) is 0 Å². The highest BCUT2D eigenvalue weighted by Crippen LogP contribution is 2.31. The van der Waals surface area contributed by atoms with Crippen LogP contribution in [-0.4, -0.2) is 13.2 Å². The van der Waals surface area contributed by atoms with Gasteiger partial charge in [-0.15, -0.1) is 0 Å². The van der Waals surface area contributed by atoms with Crippen LogP contribution < -0.4 is 9.47 Å². The molecule has 0 saturated carbocycles. The normalized spacial score (nSPS) is 9.85. The molecule has 0 unspecified atom stereocenters. The van der Waals surface area contributed by atoms with E-state index in [2.05, 4.69) is 0 Å². The summed E-state index contributed by atoms with van der Waals surface area (Å²) in [7, 11) is 0. The molecular weight excluding hydrogens is 297 g/mol. The summed E-state index contributed by atoms with van der Waals surface area (Å²) >= 11 is 11.9. The van der Waals surface area contributed by atoms with Gasteiger partial charge in [0, 0.05) is 0 Å². The second-order valence-electron chi connectivity index (χ2n) is 3.89. The summed E-state index contributed by atoms with van der Waals surface area (Å²) in [6.45, 7) is 0.717. The minimum absolute atomic E-state index is 0.347. The van der Waals surface area contributed by atoms with Crippen molar-refractivity contribution in [3.63, 3.8) is 0 Å². The van der Waals surface area contributed by atoms with Gasteiger partial charge in [-0.1, -0.05) is 29.3 Å². The first-order valence-electron chi connectivity index (χ1n) is 5.90. The number of rotatable bonds is 5. The van der Waals surface area contributed by atoms with Gasteiger partial charge in [-0.2, -0.15) is 5.26 Å². The van der Waals surface area contributed by atoms with Gasteiger partial charge in [0.05, 0.1) is 16.7 Å². The standard InChI is InChI=1S/C15H11Cl2NO2/c16-13-2-1-3-14(15(13)17)20-9-8-19-12-6-4-11(10-18)5-7-12/h1-7H,8-9H2. The predicted molar refractivity (Wildman–Crippen MR) is 78.6 cm³/mol. The SMILES string of the molecule is N#Cc1ccc(OCCOc2cccc(Cl)c2Cl)cc1. The third-order valence-corrected chi connectivity index (χ3v) is 3.31. The van der Waals surface area contributed by atoms with E-state index in [1.54, 1.807) is 42.5 Å². The zero-order chi connectivity index (χ0) is 14.4. The second kappa shape index (κ2) is 7.04. The Bertz CT molecular complexity index is 621. The lowest BCUT2D eigenvalue weighted by Crippen LogP contribution is -2.09. The van der Waals surface area contributed by atoms with E-state index in [1.165, 1.54) is 0 Å². The second-order valence-corrected chi connectivity index (χ2v) is 4.67. The number of hydrogen-bond donors (Lipinski definition) is 0. The zero-order valence-corrected chi connectivity index (χ0v) is 12.0. The van der Waals surface area contributed by atoms with E-state index in [-0.39, 0.29) is 0 Å². The zero-order valence-electron chi connectivity index (χ0n) is 10.5. The molecule has 0 heterocycles. The molecule has 2 aromatic rings. The molecule has 0 aliphatic heterocycles. The topological polar surface area (TPSA) is 42.2 Å². The van der Waals surface area contributed by atoms with Gasteiger partial charge in [0.25, 0.3) is 0 Å². The van der Waals surface area contributed by atoms with Gasteiger partial charge < -0.3 is 9.47 Å². The van der Waals surface area contributed by atoms with Crippen LogP contribution >= 0.6 is 23.2 Å². The quantitative estimate of drug-likeness (QED) is 0.772. The van der Waals surface area contributed by atoms with Crippen LogP contribution in [0, 0.1) is 11.3 Å². The molecule has 0 N–H and O–H groups in total. The number of ether oxygens (including phenoxy) is 2. The first-order valence-corrected chi connectivity index (χ1v) is 6.66. The van der Waals surface area contributed by atoms with Crippen LogP contribution in [0.1, 0.15) is 5.56 Å². The minimum atomic E-state index is 0.347. The molecule has 0 fully saturated rings. The molecule has 0 spiro atoms. The van der Waals surface area contributed by atoms with Gasteiger partial charge in [-0.25, -0.2) is 0 Å². The Balaban J connectivity index is 1.81. The van der Waals surface area contributed by atoms with Crippen molar-refractivity contribution in [3.8, 4) is 17.6 Å². The molecule has 0 radical (unpaired) electrons. The molecule has 102 valence electrons. The maximum atomic E-state index is 8.68. The number of nitriles is 1. The van der Waals surface area contributed by atoms with Crippen molar-refractivity contribution in [1.82, 2.24) is 0 Å². The summed E-state index contributed by atoms with van der Waals surface area (Å²) in [5, 5.41) is 9.53. The molecule has 0 aliphatic carbocycles. The van der Waals surface area contributed by atoms with Crippen molar-refractivity contribution < 1.29 is 9.47 Å². The summed E-state index contributed by atoms with van der Waals surface area (Å²) in [6, 6.07) is 14.1. The van der Waals surface area contributed by atoms with Gasteiger partial charge in [0.2, 0.25) is 0 Å². The predicted octanol–water partition coefficient (Wildman–Crippen LogP) is 4.32. The summed E-state index contributed by atoms with van der Waals surface area (Å²) in [4.78, 5) is 0. The van der Waals surface area contributed by atoms with Gasteiger partial charge in [0.1, 0.15) is 29.7 Å². The fourth-order valence-corrected chi connectivity index (χ4v) is 1.88. The lowest BCUT2D eigenvalue weighted by atomic mass is 10.2. The summed E-state index contributed by atoms with van der Waals surface area (Å²) in [5.41, 5.74) is 0.597. The van der Waals surface area contributed by atoms with E-state index in [1.807, 2.05) is 6.07 Å². The Morgan fingerprint density at radius 1 is 0.950 bits per heavy atom. The number of nitrogens with zero attached hydrogens (tertiary/aromatic N) is 1. The van der Waals surface area contributed by atoms with Crippen LogP contribution in [0.3, 0.4) is 0 Å². The highest BCUT2D eigenvalue weighted by molar-refractivity contribution is 6.42. The van der Waals surface area contributed by atoms with Crippen LogP contribution in [0.5, 0.6) is 11.5 Å². The smallest absolute Gasteiger partial charge is 0.139 e. The lowest BCUT2D eigenvalue weighted by molar-refractivity contribution is 0.217. The Hall–Kier alpha value is -1.89. The monoisotopic (exact) mass is 307 g/mol. The third kappa shape index (κ3) is 3.80. The van der Waals surface area contributed by atoms with E-state index in [0.717, 1.165) is 0 Å². The first kappa shape index (κ1) is 14.5. The molecule has 0 aromatic heterocycles. The van der Waals surface area contributed by atoms with Crippen LogP contribution in [-0.2, 0) is 0 Å². The number of halogens is 2. The van der Waals surface area contributed by atoms with Crippen LogP contribution in [0.25, 0.3) is 0 Å². The van der Waals surface area contributed by atoms with Crippen molar-refractivity contribution in [2.45, 2.75) is 0 Å². The molecule has 0 aliphatic rings. The van der Waals surface area contributed by atoms with Crippen molar-refractivity contribution in [1.29, 1.82) is 5.26 Å². The lowest BCUT2D eigenvalue weighted by Gasteiger charge is -2.10. The average molecular weight is 308 g/mol. The van der Waals surface area contributed by atoms with E-state index < -0.39 is 0 Å². The van der Waals surface area contributed by atoms with Crippen LogP contribution in [0.2, 0.25) is 10.0 Å². The van der Waals surface area contributed by atoms with E-state index >= 15 is 0 Å². The van der Waals surface area contributed by atoms with Crippen molar-refractivity contribution in [3.05, 3.63) is 58.1 Å². The molecule has 5 heteroatoms. The first-order chi connectivity index (χ1) is 9.70. The van der Waals surface area contributed by atoms with Gasteiger partial charge in [0.15, 0.2) is 0 Å². The van der Waals surface area contributed by atoms with Gasteiger partial charge >= 0.3 is 0 Å². The van der Waals surface area contributed by atoms with Crippen molar-refractivity contribution >= 4 is 23.2 Å².